The molecule has 1 aliphatic rings. The van der Waals surface area contributed by atoms with Crippen LogP contribution >= 0.6 is 23.2 Å². The largest absolute Gasteiger partial charge is 0.449 e. The third-order valence-electron chi connectivity index (χ3n) is 4.88. The van der Waals surface area contributed by atoms with Crippen molar-refractivity contribution < 1.29 is 13.9 Å². The number of halogens is 3. The molecule has 1 N–H and O–H groups in total. The summed E-state index contributed by atoms with van der Waals surface area (Å²) in [5.74, 6) is 4.82. The first-order chi connectivity index (χ1) is 14.5. The van der Waals surface area contributed by atoms with E-state index in [2.05, 4.69) is 41.4 Å². The van der Waals surface area contributed by atoms with Crippen molar-refractivity contribution in [2.75, 3.05) is 13.2 Å². The third kappa shape index (κ3) is 4.14. The highest BCUT2D eigenvalue weighted by Crippen LogP contribution is 2.44. The molecule has 0 saturated heterocycles. The van der Waals surface area contributed by atoms with Gasteiger partial charge in [-0.15, -0.1) is 0 Å². The molecule has 0 atom stereocenters. The Bertz CT molecular complexity index is 1110. The van der Waals surface area contributed by atoms with Crippen molar-refractivity contribution in [3.63, 3.8) is 0 Å². The average Bonchev–Trinajstić information content (AvgIpc) is 3.07. The van der Waals surface area contributed by atoms with Crippen LogP contribution in [0, 0.1) is 17.7 Å². The number of alkyl carbamates (subject to hydrolysis) is 1. The molecule has 150 valence electrons. The van der Waals surface area contributed by atoms with E-state index < -0.39 is 11.9 Å². The van der Waals surface area contributed by atoms with Gasteiger partial charge in [0.15, 0.2) is 0 Å². The molecule has 30 heavy (non-hydrogen) atoms. The number of rotatable bonds is 3. The van der Waals surface area contributed by atoms with E-state index >= 15 is 0 Å². The summed E-state index contributed by atoms with van der Waals surface area (Å²) in [7, 11) is 0. The van der Waals surface area contributed by atoms with E-state index in [0.29, 0.717) is 5.56 Å². The van der Waals surface area contributed by atoms with E-state index in [1.54, 1.807) is 0 Å². The maximum atomic E-state index is 13.6. The smallest absolute Gasteiger partial charge is 0.407 e. The van der Waals surface area contributed by atoms with Gasteiger partial charge in [0.25, 0.3) is 0 Å². The molecule has 0 heterocycles. The number of fused-ring (bicyclic) bond motifs is 3. The third-order valence-corrected chi connectivity index (χ3v) is 5.66. The summed E-state index contributed by atoms with van der Waals surface area (Å²) in [4.78, 5) is 12.1. The first kappa shape index (κ1) is 20.3. The number of ether oxygens (including phenoxy) is 1. The predicted molar refractivity (Wildman–Crippen MR) is 116 cm³/mol. The first-order valence-electron chi connectivity index (χ1n) is 9.27. The summed E-state index contributed by atoms with van der Waals surface area (Å²) in [5, 5.41) is 2.53. The van der Waals surface area contributed by atoms with Crippen LogP contribution in [0.15, 0.2) is 60.7 Å². The molecule has 0 fully saturated rings. The minimum absolute atomic E-state index is 0.00609. The van der Waals surface area contributed by atoms with Crippen LogP contribution in [0.25, 0.3) is 11.1 Å². The average molecular weight is 440 g/mol. The van der Waals surface area contributed by atoms with Crippen molar-refractivity contribution in [3.8, 4) is 23.0 Å². The van der Waals surface area contributed by atoms with Gasteiger partial charge in [0, 0.05) is 11.5 Å². The van der Waals surface area contributed by atoms with Crippen LogP contribution in [0.4, 0.5) is 9.18 Å². The number of carbonyl (C=O) groups excluding carboxylic acids is 1. The molecule has 3 aromatic rings. The summed E-state index contributed by atoms with van der Waals surface area (Å²) >= 11 is 11.5. The molecule has 3 aromatic carbocycles. The summed E-state index contributed by atoms with van der Waals surface area (Å²) < 4.78 is 19.0. The van der Waals surface area contributed by atoms with Gasteiger partial charge >= 0.3 is 6.09 Å². The molecule has 0 saturated carbocycles. The van der Waals surface area contributed by atoms with Gasteiger partial charge in [-0.3, -0.25) is 0 Å². The molecule has 0 radical (unpaired) electrons. The van der Waals surface area contributed by atoms with Crippen molar-refractivity contribution in [3.05, 3.63) is 93.2 Å². The topological polar surface area (TPSA) is 38.3 Å². The maximum Gasteiger partial charge on any atom is 0.407 e. The standard InChI is InChI=1S/C24H16Cl2FNO2/c25-21-12-15(13-22(27)23(21)26)6-5-11-28-24(29)30-14-20-18-9-3-1-7-16(18)17-8-2-4-10-19(17)20/h1-4,7-10,12-13,20H,11,14H2,(H,28,29). The number of carbonyl (C=O) groups is 1. The van der Waals surface area contributed by atoms with E-state index in [-0.39, 0.29) is 29.1 Å². The Hall–Kier alpha value is -3.00. The molecule has 3 nitrogen and oxygen atoms in total. The van der Waals surface area contributed by atoms with E-state index in [0.717, 1.165) is 11.1 Å². The lowest BCUT2D eigenvalue weighted by molar-refractivity contribution is 0.144. The Labute approximate surface area is 183 Å². The molecule has 0 aromatic heterocycles. The second-order valence-electron chi connectivity index (χ2n) is 6.73. The van der Waals surface area contributed by atoms with Crippen LogP contribution < -0.4 is 5.32 Å². The van der Waals surface area contributed by atoms with Gasteiger partial charge in [-0.2, -0.15) is 0 Å². The van der Waals surface area contributed by atoms with Crippen LogP contribution in [0.3, 0.4) is 0 Å². The van der Waals surface area contributed by atoms with E-state index in [4.69, 9.17) is 27.9 Å². The Morgan fingerprint density at radius 1 is 1.03 bits per heavy atom. The second-order valence-corrected chi connectivity index (χ2v) is 7.52. The molecular formula is C24H16Cl2FNO2. The molecule has 0 bridgehead atoms. The summed E-state index contributed by atoms with van der Waals surface area (Å²) in [6.45, 7) is 0.282. The minimum Gasteiger partial charge on any atom is -0.449 e. The number of nitrogens with one attached hydrogen (secondary N) is 1. The number of amides is 1. The van der Waals surface area contributed by atoms with Gasteiger partial charge in [-0.05, 0) is 34.4 Å². The van der Waals surface area contributed by atoms with Gasteiger partial charge in [0.2, 0.25) is 0 Å². The van der Waals surface area contributed by atoms with Crippen LogP contribution in [-0.2, 0) is 4.74 Å². The zero-order chi connectivity index (χ0) is 21.1. The SMILES string of the molecule is O=C(NCC#Cc1cc(F)c(Cl)c(Cl)c1)OCC1c2ccccc2-c2ccccc21. The van der Waals surface area contributed by atoms with E-state index in [1.807, 2.05) is 24.3 Å². The van der Waals surface area contributed by atoms with Crippen molar-refractivity contribution >= 4 is 29.3 Å². The molecule has 1 amide bonds. The Morgan fingerprint density at radius 2 is 1.67 bits per heavy atom. The molecule has 1 aliphatic carbocycles. The van der Waals surface area contributed by atoms with E-state index in [1.165, 1.54) is 23.3 Å². The quantitative estimate of drug-likeness (QED) is 0.400. The van der Waals surface area contributed by atoms with Crippen LogP contribution in [0.1, 0.15) is 22.6 Å². The normalized spacial score (nSPS) is 11.8. The van der Waals surface area contributed by atoms with Gasteiger partial charge < -0.3 is 10.1 Å². The second kappa shape index (κ2) is 8.79. The van der Waals surface area contributed by atoms with Crippen molar-refractivity contribution in [1.82, 2.24) is 5.32 Å². The minimum atomic E-state index is -0.641. The first-order valence-corrected chi connectivity index (χ1v) is 10.0. The van der Waals surface area contributed by atoms with Gasteiger partial charge in [-0.25, -0.2) is 9.18 Å². The van der Waals surface area contributed by atoms with Gasteiger partial charge in [0.1, 0.15) is 12.4 Å². The summed E-state index contributed by atoms with van der Waals surface area (Å²) in [5.41, 5.74) is 5.00. The monoisotopic (exact) mass is 439 g/mol. The molecular weight excluding hydrogens is 424 g/mol. The maximum absolute atomic E-state index is 13.6. The molecule has 4 rings (SSSR count). The van der Waals surface area contributed by atoms with Crippen LogP contribution in [-0.4, -0.2) is 19.2 Å². The molecule has 0 spiro atoms. The number of hydrogen-bond acceptors (Lipinski definition) is 2. The summed E-state index contributed by atoms with van der Waals surface area (Å²) in [6.07, 6.45) is -0.563. The molecule has 6 heteroatoms. The van der Waals surface area contributed by atoms with E-state index in [9.17, 15) is 9.18 Å². The van der Waals surface area contributed by atoms with Crippen LogP contribution in [0.5, 0.6) is 0 Å². The predicted octanol–water partition coefficient (Wildman–Crippen LogP) is 6.02. The highest BCUT2D eigenvalue weighted by molar-refractivity contribution is 6.42. The molecule has 0 unspecified atom stereocenters. The number of hydrogen-bond donors (Lipinski definition) is 1. The lowest BCUT2D eigenvalue weighted by Crippen LogP contribution is -2.26. The Morgan fingerprint density at radius 3 is 2.30 bits per heavy atom. The summed E-state index contributed by atoms with van der Waals surface area (Å²) in [6, 6.07) is 18.9. The lowest BCUT2D eigenvalue weighted by atomic mass is 9.98. The zero-order valence-corrected chi connectivity index (χ0v) is 17.2. The van der Waals surface area contributed by atoms with Crippen LogP contribution in [0.2, 0.25) is 10.0 Å². The molecule has 0 aliphatic heterocycles. The fraction of sp³-hybridized carbons (Fsp3) is 0.125. The van der Waals surface area contributed by atoms with Crippen molar-refractivity contribution in [2.24, 2.45) is 0 Å². The fourth-order valence-electron chi connectivity index (χ4n) is 3.54. The lowest BCUT2D eigenvalue weighted by Gasteiger charge is -2.14. The van der Waals surface area contributed by atoms with Gasteiger partial charge in [0.05, 0.1) is 16.6 Å². The Balaban J connectivity index is 1.35. The highest BCUT2D eigenvalue weighted by Gasteiger charge is 2.28. The highest BCUT2D eigenvalue weighted by atomic mass is 35.5. The fourth-order valence-corrected chi connectivity index (χ4v) is 3.86. The number of benzene rings is 3. The van der Waals surface area contributed by atoms with Crippen molar-refractivity contribution in [1.29, 1.82) is 0 Å². The zero-order valence-electron chi connectivity index (χ0n) is 15.7. The van der Waals surface area contributed by atoms with Gasteiger partial charge in [-0.1, -0.05) is 83.6 Å². The Kier molecular flexibility index (Phi) is 5.94. The van der Waals surface area contributed by atoms with Crippen molar-refractivity contribution in [2.45, 2.75) is 5.92 Å².